The molecule has 4 aliphatic carbocycles. The summed E-state index contributed by atoms with van der Waals surface area (Å²) in [7, 11) is 0. The maximum atomic E-state index is 12.7. The van der Waals surface area contributed by atoms with Gasteiger partial charge in [0, 0.05) is 0 Å². The van der Waals surface area contributed by atoms with Crippen LogP contribution in [0.2, 0.25) is 10.0 Å². The molecule has 4 fully saturated rings. The molecule has 23 heavy (non-hydrogen) atoms. The Hall–Kier alpha value is -1.07. The van der Waals surface area contributed by atoms with Crippen molar-refractivity contribution in [1.29, 1.82) is 0 Å². The number of carboxylic acids is 1. The molecule has 3 unspecified atom stereocenters. The molecule has 7 heteroatoms. The second-order valence-electron chi connectivity index (χ2n) is 7.44. The van der Waals surface area contributed by atoms with E-state index < -0.39 is 17.1 Å². The third-order valence-electron chi connectivity index (χ3n) is 6.18. The van der Waals surface area contributed by atoms with Crippen molar-refractivity contribution >= 4 is 29.2 Å². The molecular weight excluding hydrogens is 339 g/mol. The minimum Gasteiger partial charge on any atom is -0.481 e. The van der Waals surface area contributed by atoms with E-state index in [1.54, 1.807) is 0 Å². The van der Waals surface area contributed by atoms with Gasteiger partial charge in [-0.2, -0.15) is 5.10 Å². The van der Waals surface area contributed by atoms with Gasteiger partial charge in [0.25, 0.3) is 5.56 Å². The number of aliphatic carboxylic acids is 1. The Bertz CT molecular complexity index is 719. The van der Waals surface area contributed by atoms with Crippen molar-refractivity contribution in [3.8, 4) is 0 Å². The fraction of sp³-hybridized carbons (Fsp3) is 0.688. The first kappa shape index (κ1) is 15.5. The van der Waals surface area contributed by atoms with Gasteiger partial charge in [0.1, 0.15) is 5.02 Å². The first-order chi connectivity index (χ1) is 10.9. The lowest BCUT2D eigenvalue weighted by atomic mass is 9.48. The highest BCUT2D eigenvalue weighted by Crippen LogP contribution is 2.62. The monoisotopic (exact) mass is 356 g/mol. The minimum absolute atomic E-state index is 0.0218. The molecule has 5 rings (SSSR count). The summed E-state index contributed by atoms with van der Waals surface area (Å²) in [5, 5.41) is 13.8. The largest absolute Gasteiger partial charge is 0.481 e. The quantitative estimate of drug-likeness (QED) is 0.902. The average molecular weight is 357 g/mol. The van der Waals surface area contributed by atoms with Crippen LogP contribution in [0.1, 0.15) is 38.5 Å². The minimum atomic E-state index is -0.810. The van der Waals surface area contributed by atoms with Crippen LogP contribution in [-0.2, 0) is 10.3 Å². The summed E-state index contributed by atoms with van der Waals surface area (Å²) in [4.78, 5) is 24.1. The van der Waals surface area contributed by atoms with E-state index in [-0.39, 0.29) is 22.4 Å². The zero-order valence-electron chi connectivity index (χ0n) is 12.5. The highest BCUT2D eigenvalue weighted by Gasteiger charge is 2.59. The van der Waals surface area contributed by atoms with Crippen LogP contribution in [0.15, 0.2) is 11.0 Å². The van der Waals surface area contributed by atoms with E-state index in [1.807, 2.05) is 0 Å². The normalized spacial score (nSPS) is 38.0. The summed E-state index contributed by atoms with van der Waals surface area (Å²) < 4.78 is 1.47. The highest BCUT2D eigenvalue weighted by atomic mass is 35.5. The van der Waals surface area contributed by atoms with E-state index in [2.05, 4.69) is 5.10 Å². The lowest BCUT2D eigenvalue weighted by Gasteiger charge is -2.60. The fourth-order valence-corrected chi connectivity index (χ4v) is 5.96. The molecule has 0 spiro atoms. The summed E-state index contributed by atoms with van der Waals surface area (Å²) in [6.07, 6.45) is 6.47. The predicted molar refractivity (Wildman–Crippen MR) is 85.8 cm³/mol. The molecule has 1 aromatic rings. The lowest BCUT2D eigenvalue weighted by molar-refractivity contribution is -0.149. The van der Waals surface area contributed by atoms with Gasteiger partial charge >= 0.3 is 5.97 Å². The molecule has 0 aromatic carbocycles. The molecule has 0 saturated heterocycles. The molecule has 4 saturated carbocycles. The van der Waals surface area contributed by atoms with Crippen LogP contribution in [0.4, 0.5) is 0 Å². The van der Waals surface area contributed by atoms with Gasteiger partial charge in [0.05, 0.1) is 23.2 Å². The number of rotatable bonds is 3. The number of nitrogens with zero attached hydrogens (tertiary/aromatic N) is 2. The van der Waals surface area contributed by atoms with Crippen LogP contribution < -0.4 is 5.56 Å². The third-order valence-corrected chi connectivity index (χ3v) is 6.92. The topological polar surface area (TPSA) is 72.2 Å². The van der Waals surface area contributed by atoms with E-state index in [1.165, 1.54) is 17.3 Å². The molecule has 0 radical (unpaired) electrons. The van der Waals surface area contributed by atoms with Crippen LogP contribution in [0.3, 0.4) is 0 Å². The Kier molecular flexibility index (Phi) is 3.50. The van der Waals surface area contributed by atoms with Gasteiger partial charge in [-0.3, -0.25) is 9.59 Å². The molecule has 1 heterocycles. The number of halogens is 2. The Morgan fingerprint density at radius 2 is 1.96 bits per heavy atom. The van der Waals surface area contributed by atoms with Crippen LogP contribution >= 0.6 is 23.2 Å². The van der Waals surface area contributed by atoms with E-state index in [0.717, 1.165) is 25.7 Å². The Labute approximate surface area is 143 Å². The number of carboxylic acid groups (broad SMARTS) is 1. The number of aromatic nitrogens is 2. The van der Waals surface area contributed by atoms with Crippen LogP contribution in [-0.4, -0.2) is 20.9 Å². The fourth-order valence-electron chi connectivity index (χ4n) is 5.71. The number of hydrogen-bond donors (Lipinski definition) is 1. The molecule has 5 nitrogen and oxygen atoms in total. The molecule has 1 N–H and O–H groups in total. The Morgan fingerprint density at radius 1 is 1.30 bits per heavy atom. The lowest BCUT2D eigenvalue weighted by Crippen LogP contribution is -2.61. The predicted octanol–water partition coefficient (Wildman–Crippen LogP) is 3.18. The summed E-state index contributed by atoms with van der Waals surface area (Å²) in [6, 6.07) is 0. The molecule has 3 atom stereocenters. The standard InChI is InChI=1S/C16H18Cl2N2O3/c17-12-7-19-20(15(23)14(12)18)16-5-8-1-9(6-16)3-10(2-8)11(16)4-13(21)22/h7-11H,1-6H2,(H,21,22). The smallest absolute Gasteiger partial charge is 0.303 e. The van der Waals surface area contributed by atoms with Gasteiger partial charge in [0.15, 0.2) is 0 Å². The Morgan fingerprint density at radius 3 is 2.57 bits per heavy atom. The first-order valence-corrected chi connectivity index (χ1v) is 8.82. The van der Waals surface area contributed by atoms with Crippen molar-refractivity contribution < 1.29 is 9.90 Å². The van der Waals surface area contributed by atoms with Crippen LogP contribution in [0.25, 0.3) is 0 Å². The van der Waals surface area contributed by atoms with Crippen molar-refractivity contribution in [2.75, 3.05) is 0 Å². The second kappa shape index (κ2) is 5.21. The second-order valence-corrected chi connectivity index (χ2v) is 8.22. The van der Waals surface area contributed by atoms with Crippen LogP contribution in [0, 0.1) is 23.7 Å². The third kappa shape index (κ3) is 2.23. The molecule has 4 aliphatic rings. The summed E-state index contributed by atoms with van der Waals surface area (Å²) >= 11 is 12.0. The van der Waals surface area contributed by atoms with Crippen molar-refractivity contribution in [2.24, 2.45) is 23.7 Å². The summed E-state index contributed by atoms with van der Waals surface area (Å²) in [6.45, 7) is 0. The van der Waals surface area contributed by atoms with Crippen molar-refractivity contribution in [3.05, 3.63) is 26.6 Å². The Balaban J connectivity index is 1.87. The van der Waals surface area contributed by atoms with Gasteiger partial charge < -0.3 is 5.11 Å². The zero-order valence-corrected chi connectivity index (χ0v) is 14.1. The molecule has 124 valence electrons. The summed E-state index contributed by atoms with van der Waals surface area (Å²) in [5.74, 6) is 0.604. The summed E-state index contributed by atoms with van der Waals surface area (Å²) in [5.41, 5.74) is -0.908. The molecular formula is C16H18Cl2N2O3. The van der Waals surface area contributed by atoms with E-state index in [9.17, 15) is 14.7 Å². The SMILES string of the molecule is O=C(O)CC1C2CC3CC(C2)CC1(n1ncc(Cl)c(Cl)c1=O)C3. The van der Waals surface area contributed by atoms with E-state index >= 15 is 0 Å². The maximum Gasteiger partial charge on any atom is 0.303 e. The average Bonchev–Trinajstić information content (AvgIpc) is 2.47. The molecule has 4 bridgehead atoms. The van der Waals surface area contributed by atoms with Crippen molar-refractivity contribution in [3.63, 3.8) is 0 Å². The van der Waals surface area contributed by atoms with Crippen molar-refractivity contribution in [2.45, 2.75) is 44.1 Å². The van der Waals surface area contributed by atoms with Crippen LogP contribution in [0.5, 0.6) is 0 Å². The molecule has 0 amide bonds. The molecule has 1 aromatic heterocycles. The molecule has 0 aliphatic heterocycles. The zero-order chi connectivity index (χ0) is 16.4. The van der Waals surface area contributed by atoms with Gasteiger partial charge in [-0.25, -0.2) is 4.68 Å². The number of hydrogen-bond acceptors (Lipinski definition) is 3. The van der Waals surface area contributed by atoms with E-state index in [0.29, 0.717) is 17.8 Å². The van der Waals surface area contributed by atoms with Gasteiger partial charge in [0.2, 0.25) is 0 Å². The maximum absolute atomic E-state index is 12.7. The number of carbonyl (C=O) groups is 1. The van der Waals surface area contributed by atoms with Gasteiger partial charge in [-0.05, 0) is 55.8 Å². The highest BCUT2D eigenvalue weighted by molar-refractivity contribution is 6.41. The van der Waals surface area contributed by atoms with Gasteiger partial charge in [-0.15, -0.1) is 0 Å². The van der Waals surface area contributed by atoms with E-state index in [4.69, 9.17) is 23.2 Å². The van der Waals surface area contributed by atoms with Crippen molar-refractivity contribution in [1.82, 2.24) is 9.78 Å². The first-order valence-electron chi connectivity index (χ1n) is 8.06. The van der Waals surface area contributed by atoms with Gasteiger partial charge in [-0.1, -0.05) is 23.2 Å².